The predicted molar refractivity (Wildman–Crippen MR) is 101 cm³/mol. The molecule has 25 heavy (non-hydrogen) atoms. The molecule has 3 aromatic rings. The third kappa shape index (κ3) is 3.10. The van der Waals surface area contributed by atoms with E-state index in [4.69, 9.17) is 11.6 Å². The van der Waals surface area contributed by atoms with Crippen molar-refractivity contribution in [2.75, 3.05) is 12.4 Å². The maximum atomic E-state index is 9.69. The van der Waals surface area contributed by atoms with Crippen LogP contribution in [0.5, 0.6) is 0 Å². The summed E-state index contributed by atoms with van der Waals surface area (Å²) in [4.78, 5) is 0. The van der Waals surface area contributed by atoms with E-state index in [9.17, 15) is 5.11 Å². The Morgan fingerprint density at radius 1 is 1.28 bits per heavy atom. The molecule has 1 atom stereocenters. The molecule has 0 saturated heterocycles. The topological polar surface area (TPSA) is 55.9 Å². The van der Waals surface area contributed by atoms with Crippen molar-refractivity contribution in [1.29, 1.82) is 0 Å². The lowest BCUT2D eigenvalue weighted by molar-refractivity contribution is 0.254. The standard InChI is InChI=1S/C18H19ClN4OS/c1-18(12-24)11-16-20-21-17(23(16)8-9-25-18)14-5-4-13(10-15(14)19)22-6-2-3-7-22/h2-7,10,24H,8-9,11-12H2,1H3. The second kappa shape index (κ2) is 6.52. The van der Waals surface area contributed by atoms with Crippen LogP contribution in [0.4, 0.5) is 0 Å². The van der Waals surface area contributed by atoms with Crippen molar-refractivity contribution in [2.45, 2.75) is 24.6 Å². The van der Waals surface area contributed by atoms with Gasteiger partial charge in [-0.2, -0.15) is 11.8 Å². The zero-order chi connectivity index (χ0) is 17.4. The summed E-state index contributed by atoms with van der Waals surface area (Å²) in [7, 11) is 0. The van der Waals surface area contributed by atoms with E-state index >= 15 is 0 Å². The predicted octanol–water partition coefficient (Wildman–Crippen LogP) is 3.43. The van der Waals surface area contributed by atoms with Gasteiger partial charge in [-0.05, 0) is 37.3 Å². The van der Waals surface area contributed by atoms with Crippen LogP contribution in [-0.4, -0.2) is 41.5 Å². The summed E-state index contributed by atoms with van der Waals surface area (Å²) in [5, 5.41) is 19.1. The van der Waals surface area contributed by atoms with Gasteiger partial charge in [-0.3, -0.25) is 0 Å². The minimum absolute atomic E-state index is 0.131. The zero-order valence-electron chi connectivity index (χ0n) is 13.9. The molecule has 0 fully saturated rings. The molecule has 1 unspecified atom stereocenters. The number of thioether (sulfide) groups is 1. The minimum atomic E-state index is -0.208. The van der Waals surface area contributed by atoms with Gasteiger partial charge in [0.2, 0.25) is 0 Å². The molecular weight excluding hydrogens is 356 g/mol. The van der Waals surface area contributed by atoms with Gasteiger partial charge in [-0.15, -0.1) is 10.2 Å². The number of aliphatic hydroxyl groups excluding tert-OH is 1. The van der Waals surface area contributed by atoms with Gasteiger partial charge in [0, 0.05) is 47.1 Å². The highest BCUT2D eigenvalue weighted by atomic mass is 35.5. The fourth-order valence-corrected chi connectivity index (χ4v) is 4.47. The van der Waals surface area contributed by atoms with Crippen molar-refractivity contribution in [2.24, 2.45) is 0 Å². The molecule has 3 heterocycles. The van der Waals surface area contributed by atoms with Crippen LogP contribution < -0.4 is 0 Å². The number of halogens is 1. The number of fused-ring (bicyclic) bond motifs is 1. The summed E-state index contributed by atoms with van der Waals surface area (Å²) in [6.45, 7) is 3.01. The van der Waals surface area contributed by atoms with E-state index in [1.54, 1.807) is 11.8 Å². The van der Waals surface area contributed by atoms with Crippen LogP contribution >= 0.6 is 23.4 Å². The second-order valence-electron chi connectivity index (χ2n) is 6.48. The summed E-state index contributed by atoms with van der Waals surface area (Å²) >= 11 is 8.35. The molecule has 1 aromatic carbocycles. The maximum absolute atomic E-state index is 9.69. The third-order valence-electron chi connectivity index (χ3n) is 4.56. The summed E-state index contributed by atoms with van der Waals surface area (Å²) in [5.41, 5.74) is 1.90. The van der Waals surface area contributed by atoms with Crippen molar-refractivity contribution in [1.82, 2.24) is 19.3 Å². The number of aliphatic hydroxyl groups is 1. The first-order chi connectivity index (χ1) is 12.1. The lowest BCUT2D eigenvalue weighted by Crippen LogP contribution is -2.28. The van der Waals surface area contributed by atoms with Gasteiger partial charge in [-0.1, -0.05) is 11.6 Å². The number of hydrogen-bond acceptors (Lipinski definition) is 4. The average Bonchev–Trinajstić information content (AvgIpc) is 3.23. The Morgan fingerprint density at radius 3 is 2.80 bits per heavy atom. The quantitative estimate of drug-likeness (QED) is 0.763. The van der Waals surface area contributed by atoms with Crippen molar-refractivity contribution in [3.05, 3.63) is 53.6 Å². The van der Waals surface area contributed by atoms with Crippen LogP contribution in [0.25, 0.3) is 17.1 Å². The van der Waals surface area contributed by atoms with E-state index in [2.05, 4.69) is 21.7 Å². The van der Waals surface area contributed by atoms with Crippen LogP contribution in [0.2, 0.25) is 5.02 Å². The zero-order valence-corrected chi connectivity index (χ0v) is 15.5. The monoisotopic (exact) mass is 374 g/mol. The summed E-state index contributed by atoms with van der Waals surface area (Å²) in [6.07, 6.45) is 4.67. The van der Waals surface area contributed by atoms with Gasteiger partial charge in [0.05, 0.1) is 11.6 Å². The molecule has 130 valence electrons. The van der Waals surface area contributed by atoms with Gasteiger partial charge in [0.15, 0.2) is 5.82 Å². The number of nitrogens with zero attached hydrogens (tertiary/aromatic N) is 4. The normalized spacial score (nSPS) is 20.3. The molecule has 5 nitrogen and oxygen atoms in total. The molecule has 0 radical (unpaired) electrons. The molecule has 2 aromatic heterocycles. The van der Waals surface area contributed by atoms with Gasteiger partial charge in [0.25, 0.3) is 0 Å². The van der Waals surface area contributed by atoms with Gasteiger partial charge in [0.1, 0.15) is 5.82 Å². The third-order valence-corrected chi connectivity index (χ3v) is 6.23. The molecular formula is C18H19ClN4OS. The minimum Gasteiger partial charge on any atom is -0.395 e. The fraction of sp³-hybridized carbons (Fsp3) is 0.333. The first kappa shape index (κ1) is 16.7. The van der Waals surface area contributed by atoms with Crippen molar-refractivity contribution in [3.8, 4) is 17.1 Å². The van der Waals surface area contributed by atoms with E-state index in [1.807, 2.05) is 47.3 Å². The van der Waals surface area contributed by atoms with Crippen molar-refractivity contribution >= 4 is 23.4 Å². The maximum Gasteiger partial charge on any atom is 0.165 e. The molecule has 1 aliphatic heterocycles. The van der Waals surface area contributed by atoms with Gasteiger partial charge < -0.3 is 14.2 Å². The smallest absolute Gasteiger partial charge is 0.165 e. The Balaban J connectivity index is 1.72. The van der Waals surface area contributed by atoms with Gasteiger partial charge in [-0.25, -0.2) is 0 Å². The van der Waals surface area contributed by atoms with E-state index in [0.29, 0.717) is 11.4 Å². The Hall–Kier alpha value is -1.76. The Morgan fingerprint density at radius 2 is 2.08 bits per heavy atom. The second-order valence-corrected chi connectivity index (χ2v) is 8.57. The SMILES string of the molecule is CC1(CO)Cc2nnc(-c3ccc(-n4cccc4)cc3Cl)n2CCS1. The average molecular weight is 375 g/mol. The summed E-state index contributed by atoms with van der Waals surface area (Å²) in [6, 6.07) is 9.94. The van der Waals surface area contributed by atoms with E-state index < -0.39 is 0 Å². The number of aromatic nitrogens is 4. The molecule has 1 N–H and O–H groups in total. The lowest BCUT2D eigenvalue weighted by atomic mass is 10.1. The molecule has 4 rings (SSSR count). The lowest BCUT2D eigenvalue weighted by Gasteiger charge is -2.23. The summed E-state index contributed by atoms with van der Waals surface area (Å²) < 4.78 is 3.94. The van der Waals surface area contributed by atoms with E-state index in [1.165, 1.54) is 0 Å². The van der Waals surface area contributed by atoms with Crippen LogP contribution in [0.15, 0.2) is 42.7 Å². The number of benzene rings is 1. The van der Waals surface area contributed by atoms with Crippen LogP contribution in [0, 0.1) is 0 Å². The van der Waals surface area contributed by atoms with Gasteiger partial charge >= 0.3 is 0 Å². The first-order valence-electron chi connectivity index (χ1n) is 8.20. The highest BCUT2D eigenvalue weighted by Gasteiger charge is 2.31. The molecule has 0 aliphatic carbocycles. The molecule has 0 bridgehead atoms. The van der Waals surface area contributed by atoms with Crippen LogP contribution in [-0.2, 0) is 13.0 Å². The Bertz CT molecular complexity index is 893. The molecule has 0 spiro atoms. The highest BCUT2D eigenvalue weighted by molar-refractivity contribution is 8.00. The molecule has 1 aliphatic rings. The Kier molecular flexibility index (Phi) is 4.35. The number of hydrogen-bond donors (Lipinski definition) is 1. The van der Waals surface area contributed by atoms with E-state index in [0.717, 1.165) is 35.2 Å². The van der Waals surface area contributed by atoms with Crippen molar-refractivity contribution < 1.29 is 5.11 Å². The van der Waals surface area contributed by atoms with Crippen LogP contribution in [0.1, 0.15) is 12.7 Å². The van der Waals surface area contributed by atoms with Crippen LogP contribution in [0.3, 0.4) is 0 Å². The van der Waals surface area contributed by atoms with Crippen molar-refractivity contribution in [3.63, 3.8) is 0 Å². The summed E-state index contributed by atoms with van der Waals surface area (Å²) in [5.74, 6) is 2.61. The molecule has 0 saturated carbocycles. The van der Waals surface area contributed by atoms with E-state index in [-0.39, 0.29) is 11.4 Å². The first-order valence-corrected chi connectivity index (χ1v) is 9.56. The number of rotatable bonds is 3. The largest absolute Gasteiger partial charge is 0.395 e. The molecule has 7 heteroatoms. The fourth-order valence-electron chi connectivity index (χ4n) is 3.12. The Labute approximate surface area is 155 Å². The molecule has 0 amide bonds. The highest BCUT2D eigenvalue weighted by Crippen LogP contribution is 2.35.